The zero-order chi connectivity index (χ0) is 5.11. The van der Waals surface area contributed by atoms with Crippen LogP contribution in [0.3, 0.4) is 0 Å². The van der Waals surface area contributed by atoms with Crippen LogP contribution in [0.15, 0.2) is 11.6 Å². The second-order valence-electron chi connectivity index (χ2n) is 1.77. The predicted octanol–water partition coefficient (Wildman–Crippen LogP) is 1.26. The summed E-state index contributed by atoms with van der Waals surface area (Å²) in [6.45, 7) is 4.38. The van der Waals surface area contributed by atoms with E-state index in [-0.39, 0.29) is 0 Å². The molecule has 7 heavy (non-hydrogen) atoms. The van der Waals surface area contributed by atoms with Gasteiger partial charge in [0.25, 0.3) is 0 Å². The first-order valence-electron chi connectivity index (χ1n) is 2.79. The average molecular weight is 91.9 g/mol. The molecule has 0 aromatic heterocycles. The Kier molecular flexibility index (Phi) is 1.45. The van der Waals surface area contributed by atoms with Gasteiger partial charge < -0.3 is 0 Å². The van der Waals surface area contributed by atoms with Crippen molar-refractivity contribution < 1.29 is 0 Å². The molecule has 0 aromatic rings. The number of allylic oxidation sites excluding steroid dienone is 2. The maximum absolute atomic E-state index is 2.26. The molecule has 0 unspecified atom stereocenters. The SMILES string of the molecule is CCC1=CCB=C1. The zero-order valence-corrected chi connectivity index (χ0v) is 4.65. The standard InChI is InChI=1S/C6H9B/c1-2-6-3-4-7-5-6/h3,5H,2,4H2,1H3. The van der Waals surface area contributed by atoms with Crippen LogP contribution in [-0.2, 0) is 0 Å². The summed E-state index contributed by atoms with van der Waals surface area (Å²) in [6.07, 6.45) is 4.61. The van der Waals surface area contributed by atoms with E-state index in [2.05, 4.69) is 25.9 Å². The molecule has 0 bridgehead atoms. The van der Waals surface area contributed by atoms with Gasteiger partial charge >= 0.3 is 44.2 Å². The molecule has 0 saturated carbocycles. The Labute approximate surface area is 45.1 Å². The van der Waals surface area contributed by atoms with E-state index < -0.39 is 0 Å². The van der Waals surface area contributed by atoms with Gasteiger partial charge in [0.2, 0.25) is 0 Å². The quantitative estimate of drug-likeness (QED) is 0.427. The summed E-state index contributed by atoms with van der Waals surface area (Å²) in [7, 11) is 0. The second-order valence-corrected chi connectivity index (χ2v) is 1.77. The fourth-order valence-corrected chi connectivity index (χ4v) is 0.769. The minimum atomic E-state index is 1.16. The third-order valence-corrected chi connectivity index (χ3v) is 1.26. The van der Waals surface area contributed by atoms with E-state index in [0.29, 0.717) is 0 Å². The molecule has 0 atom stereocenters. The molecule has 1 heteroatoms. The summed E-state index contributed by atoms with van der Waals surface area (Å²) in [5, 5.41) is 0. The normalized spacial score (nSPS) is 16.4. The van der Waals surface area contributed by atoms with Crippen LogP contribution in [0.2, 0.25) is 6.32 Å². The van der Waals surface area contributed by atoms with Gasteiger partial charge in [-0.15, -0.1) is 0 Å². The fourth-order valence-electron chi connectivity index (χ4n) is 0.769. The molecule has 1 aliphatic rings. The average Bonchev–Trinajstić information content (AvgIpc) is 2.14. The van der Waals surface area contributed by atoms with E-state index in [0.717, 1.165) is 6.32 Å². The van der Waals surface area contributed by atoms with E-state index in [4.69, 9.17) is 0 Å². The van der Waals surface area contributed by atoms with Gasteiger partial charge in [0.1, 0.15) is 0 Å². The molecule has 1 aliphatic heterocycles. The topological polar surface area (TPSA) is 0 Å². The van der Waals surface area contributed by atoms with Crippen LogP contribution < -0.4 is 0 Å². The van der Waals surface area contributed by atoms with Gasteiger partial charge in [0.05, 0.1) is 0 Å². The van der Waals surface area contributed by atoms with Crippen LogP contribution in [0.4, 0.5) is 0 Å². The molecular formula is C6H9B. The Morgan fingerprint density at radius 3 is 3.00 bits per heavy atom. The van der Waals surface area contributed by atoms with Crippen LogP contribution >= 0.6 is 0 Å². The Balaban J connectivity index is 2.52. The molecule has 0 radical (unpaired) electrons. The number of hydrogen-bond acceptors (Lipinski definition) is 0. The van der Waals surface area contributed by atoms with Crippen molar-refractivity contribution in [3.8, 4) is 0 Å². The van der Waals surface area contributed by atoms with E-state index in [1.54, 1.807) is 0 Å². The fraction of sp³-hybridized carbons (Fsp3) is 0.500. The van der Waals surface area contributed by atoms with Crippen molar-refractivity contribution in [1.82, 2.24) is 0 Å². The van der Waals surface area contributed by atoms with E-state index in [1.807, 2.05) is 0 Å². The van der Waals surface area contributed by atoms with Crippen LogP contribution in [0.5, 0.6) is 0 Å². The minimum absolute atomic E-state index is 1.16. The summed E-state index contributed by atoms with van der Waals surface area (Å²) in [6, 6.07) is 0. The number of hydrogen-bond donors (Lipinski definition) is 0. The van der Waals surface area contributed by atoms with Crippen molar-refractivity contribution in [3.05, 3.63) is 11.6 Å². The summed E-state index contributed by atoms with van der Waals surface area (Å²) in [4.78, 5) is 0. The molecule has 0 spiro atoms. The van der Waals surface area contributed by atoms with Crippen LogP contribution in [0.1, 0.15) is 13.3 Å². The van der Waals surface area contributed by atoms with E-state index >= 15 is 0 Å². The van der Waals surface area contributed by atoms with Gasteiger partial charge in [-0.25, -0.2) is 0 Å². The third-order valence-electron chi connectivity index (χ3n) is 1.26. The summed E-state index contributed by atoms with van der Waals surface area (Å²) < 4.78 is 0. The molecule has 0 nitrogen and oxygen atoms in total. The molecule has 0 N–H and O–H groups in total. The Morgan fingerprint density at radius 1 is 1.86 bits per heavy atom. The summed E-state index contributed by atoms with van der Waals surface area (Å²) in [5.41, 5.74) is 1.49. The van der Waals surface area contributed by atoms with Gasteiger partial charge in [-0.3, -0.25) is 0 Å². The first-order chi connectivity index (χ1) is 3.43. The molecule has 0 amide bonds. The zero-order valence-electron chi connectivity index (χ0n) is 4.65. The summed E-state index contributed by atoms with van der Waals surface area (Å²) in [5.74, 6) is 2.19. The van der Waals surface area contributed by atoms with Gasteiger partial charge in [-0.2, -0.15) is 0 Å². The predicted molar refractivity (Wildman–Crippen MR) is 35.0 cm³/mol. The first kappa shape index (κ1) is 4.82. The molecule has 0 aromatic carbocycles. The van der Waals surface area contributed by atoms with E-state index in [9.17, 15) is 0 Å². The van der Waals surface area contributed by atoms with Gasteiger partial charge in [-0.1, -0.05) is 0 Å². The molecule has 0 aliphatic carbocycles. The van der Waals surface area contributed by atoms with Crippen molar-refractivity contribution in [1.29, 1.82) is 0 Å². The van der Waals surface area contributed by atoms with Crippen molar-refractivity contribution in [2.75, 3.05) is 0 Å². The van der Waals surface area contributed by atoms with Crippen LogP contribution in [-0.4, -0.2) is 12.9 Å². The Morgan fingerprint density at radius 2 is 2.71 bits per heavy atom. The van der Waals surface area contributed by atoms with Crippen LogP contribution in [0, 0.1) is 0 Å². The van der Waals surface area contributed by atoms with Gasteiger partial charge in [-0.05, 0) is 0 Å². The molecule has 1 heterocycles. The van der Waals surface area contributed by atoms with Crippen LogP contribution in [0.25, 0.3) is 0 Å². The van der Waals surface area contributed by atoms with Gasteiger partial charge in [0, 0.05) is 0 Å². The molecular weight excluding hydrogens is 82.9 g/mol. The molecule has 1 rings (SSSR count). The maximum atomic E-state index is 2.26. The van der Waals surface area contributed by atoms with Crippen molar-refractivity contribution in [3.63, 3.8) is 0 Å². The molecule has 0 saturated heterocycles. The van der Waals surface area contributed by atoms with Crippen molar-refractivity contribution in [2.24, 2.45) is 0 Å². The van der Waals surface area contributed by atoms with E-state index in [1.165, 1.54) is 12.0 Å². The summed E-state index contributed by atoms with van der Waals surface area (Å²) >= 11 is 0. The third kappa shape index (κ3) is 1.02. The van der Waals surface area contributed by atoms with Crippen molar-refractivity contribution >= 4 is 12.9 Å². The molecule has 36 valence electrons. The number of rotatable bonds is 1. The Bertz CT molecular complexity index is 111. The van der Waals surface area contributed by atoms with Gasteiger partial charge in [0.15, 0.2) is 0 Å². The van der Waals surface area contributed by atoms with Crippen molar-refractivity contribution in [2.45, 2.75) is 19.7 Å². The Hall–Kier alpha value is -0.325. The monoisotopic (exact) mass is 92.1 g/mol. The first-order valence-corrected chi connectivity index (χ1v) is 2.79. The second kappa shape index (κ2) is 2.11. The molecule has 0 fully saturated rings.